The second-order valence-corrected chi connectivity index (χ2v) is 5.85. The smallest absolute Gasteiger partial charge is 0.257 e. The number of carbonyl (C=O) groups is 1. The van der Waals surface area contributed by atoms with Crippen molar-refractivity contribution in [2.45, 2.75) is 13.8 Å². The number of hydrogen-bond acceptors (Lipinski definition) is 4. The van der Waals surface area contributed by atoms with Gasteiger partial charge in [0.1, 0.15) is 17.2 Å². The zero-order chi connectivity index (χ0) is 18.5. The number of pyridine rings is 1. The van der Waals surface area contributed by atoms with E-state index in [9.17, 15) is 4.79 Å². The Labute approximate surface area is 152 Å². The van der Waals surface area contributed by atoms with Crippen molar-refractivity contribution in [1.29, 1.82) is 0 Å². The average Bonchev–Trinajstić information content (AvgIpc) is 2.62. The van der Waals surface area contributed by atoms with Crippen molar-refractivity contribution in [3.63, 3.8) is 0 Å². The number of anilines is 1. The number of hydrogen-bond donors (Lipinski definition) is 1. The van der Waals surface area contributed by atoms with Gasteiger partial charge in [0.15, 0.2) is 0 Å². The lowest BCUT2D eigenvalue weighted by Crippen LogP contribution is -2.14. The van der Waals surface area contributed by atoms with E-state index in [1.165, 1.54) is 0 Å². The first kappa shape index (κ1) is 17.5. The van der Waals surface area contributed by atoms with Gasteiger partial charge in [-0.15, -0.1) is 0 Å². The molecule has 0 saturated carbocycles. The van der Waals surface area contributed by atoms with Crippen LogP contribution in [0.5, 0.6) is 17.2 Å². The third-order valence-corrected chi connectivity index (χ3v) is 3.86. The van der Waals surface area contributed by atoms with Crippen LogP contribution in [0.1, 0.15) is 21.7 Å². The molecule has 1 aromatic heterocycles. The molecule has 2 aromatic carbocycles. The summed E-state index contributed by atoms with van der Waals surface area (Å²) in [5.41, 5.74) is 2.79. The van der Waals surface area contributed by atoms with Gasteiger partial charge in [0.2, 0.25) is 0 Å². The maximum Gasteiger partial charge on any atom is 0.257 e. The summed E-state index contributed by atoms with van der Waals surface area (Å²) in [6, 6.07) is 18.2. The molecule has 3 aromatic rings. The number of aromatic nitrogens is 1. The number of rotatable bonds is 5. The molecule has 1 heterocycles. The Morgan fingerprint density at radius 3 is 2.35 bits per heavy atom. The van der Waals surface area contributed by atoms with E-state index in [2.05, 4.69) is 10.3 Å². The van der Waals surface area contributed by atoms with Crippen LogP contribution in [0.4, 0.5) is 5.69 Å². The maximum absolute atomic E-state index is 12.5. The number of nitrogens with one attached hydrogen (secondary N) is 1. The Bertz CT molecular complexity index is 921. The average molecular weight is 348 g/mol. The summed E-state index contributed by atoms with van der Waals surface area (Å²) in [4.78, 5) is 16.8. The Morgan fingerprint density at radius 1 is 0.923 bits per heavy atom. The Kier molecular flexibility index (Phi) is 5.17. The molecule has 0 radical (unpaired) electrons. The van der Waals surface area contributed by atoms with Crippen molar-refractivity contribution < 1.29 is 14.3 Å². The lowest BCUT2D eigenvalue weighted by atomic mass is 10.1. The molecule has 1 amide bonds. The summed E-state index contributed by atoms with van der Waals surface area (Å²) in [5, 5.41) is 2.88. The molecular weight excluding hydrogens is 328 g/mol. The first-order chi connectivity index (χ1) is 12.5. The Morgan fingerprint density at radius 2 is 1.65 bits per heavy atom. The van der Waals surface area contributed by atoms with Crippen molar-refractivity contribution in [3.05, 3.63) is 77.6 Å². The van der Waals surface area contributed by atoms with Crippen LogP contribution < -0.4 is 14.8 Å². The number of nitrogens with zero attached hydrogens (tertiary/aromatic N) is 1. The molecule has 0 atom stereocenters. The Hall–Kier alpha value is -3.34. The van der Waals surface area contributed by atoms with Gasteiger partial charge >= 0.3 is 0 Å². The number of aryl methyl sites for hydroxylation is 2. The minimum atomic E-state index is -0.198. The second-order valence-electron chi connectivity index (χ2n) is 5.85. The van der Waals surface area contributed by atoms with Crippen LogP contribution in [0.2, 0.25) is 0 Å². The summed E-state index contributed by atoms with van der Waals surface area (Å²) >= 11 is 0. The number of benzene rings is 2. The monoisotopic (exact) mass is 348 g/mol. The topological polar surface area (TPSA) is 60.5 Å². The van der Waals surface area contributed by atoms with Crippen LogP contribution in [-0.4, -0.2) is 18.0 Å². The lowest BCUT2D eigenvalue weighted by Gasteiger charge is -2.10. The van der Waals surface area contributed by atoms with Crippen LogP contribution >= 0.6 is 0 Å². The summed E-state index contributed by atoms with van der Waals surface area (Å²) in [6.45, 7) is 3.72. The van der Waals surface area contributed by atoms with E-state index in [1.807, 2.05) is 62.4 Å². The van der Waals surface area contributed by atoms with Crippen LogP contribution in [0.25, 0.3) is 0 Å². The number of amides is 1. The predicted octanol–water partition coefficient (Wildman–Crippen LogP) is 4.75. The molecular formula is C21H20N2O3. The van der Waals surface area contributed by atoms with E-state index in [0.717, 1.165) is 11.4 Å². The molecule has 0 aliphatic rings. The standard InChI is InChI=1S/C21H20N2O3/c1-14-7-12-20(15(2)22-14)21(24)23-16-5-4-6-19(13-16)26-18-10-8-17(25-3)9-11-18/h4-13H,1-3H3,(H,23,24). The first-order valence-electron chi connectivity index (χ1n) is 8.23. The summed E-state index contributed by atoms with van der Waals surface area (Å²) < 4.78 is 11.0. The molecule has 0 bridgehead atoms. The van der Waals surface area contributed by atoms with E-state index in [0.29, 0.717) is 28.4 Å². The zero-order valence-electron chi connectivity index (χ0n) is 14.9. The highest BCUT2D eigenvalue weighted by atomic mass is 16.5. The van der Waals surface area contributed by atoms with Gasteiger partial charge in [-0.1, -0.05) is 6.07 Å². The van der Waals surface area contributed by atoms with Crippen LogP contribution in [0.15, 0.2) is 60.7 Å². The largest absolute Gasteiger partial charge is 0.497 e. The van der Waals surface area contributed by atoms with Crippen molar-refractivity contribution in [2.24, 2.45) is 0 Å². The molecule has 1 N–H and O–H groups in total. The summed E-state index contributed by atoms with van der Waals surface area (Å²) in [5.74, 6) is 1.89. The molecule has 5 nitrogen and oxygen atoms in total. The number of carbonyl (C=O) groups excluding carboxylic acids is 1. The van der Waals surface area contributed by atoms with Crippen molar-refractivity contribution in [1.82, 2.24) is 4.98 Å². The quantitative estimate of drug-likeness (QED) is 0.723. The van der Waals surface area contributed by atoms with Crippen LogP contribution in [-0.2, 0) is 0 Å². The van der Waals surface area contributed by atoms with E-state index in [1.54, 1.807) is 19.2 Å². The SMILES string of the molecule is COc1ccc(Oc2cccc(NC(=O)c3ccc(C)nc3C)c2)cc1. The Balaban J connectivity index is 1.73. The van der Waals surface area contributed by atoms with E-state index >= 15 is 0 Å². The fourth-order valence-electron chi connectivity index (χ4n) is 2.54. The molecule has 0 saturated heterocycles. The van der Waals surface area contributed by atoms with Crippen molar-refractivity contribution >= 4 is 11.6 Å². The zero-order valence-corrected chi connectivity index (χ0v) is 14.9. The lowest BCUT2D eigenvalue weighted by molar-refractivity contribution is 0.102. The predicted molar refractivity (Wildman–Crippen MR) is 101 cm³/mol. The van der Waals surface area contributed by atoms with Crippen molar-refractivity contribution in [3.8, 4) is 17.2 Å². The molecule has 3 rings (SSSR count). The molecule has 0 aliphatic carbocycles. The van der Waals surface area contributed by atoms with Gasteiger partial charge < -0.3 is 14.8 Å². The fourth-order valence-corrected chi connectivity index (χ4v) is 2.54. The maximum atomic E-state index is 12.5. The van der Waals surface area contributed by atoms with Gasteiger partial charge in [-0.25, -0.2) is 0 Å². The van der Waals surface area contributed by atoms with Gasteiger partial charge in [0, 0.05) is 17.4 Å². The second kappa shape index (κ2) is 7.70. The molecule has 0 spiro atoms. The van der Waals surface area contributed by atoms with E-state index in [-0.39, 0.29) is 5.91 Å². The first-order valence-corrected chi connectivity index (χ1v) is 8.23. The van der Waals surface area contributed by atoms with E-state index < -0.39 is 0 Å². The molecule has 26 heavy (non-hydrogen) atoms. The number of methoxy groups -OCH3 is 1. The highest BCUT2D eigenvalue weighted by Crippen LogP contribution is 2.26. The normalized spacial score (nSPS) is 10.3. The van der Waals surface area contributed by atoms with Gasteiger partial charge in [0.05, 0.1) is 18.4 Å². The van der Waals surface area contributed by atoms with E-state index in [4.69, 9.17) is 9.47 Å². The van der Waals surface area contributed by atoms with Gasteiger partial charge in [-0.2, -0.15) is 0 Å². The molecule has 0 aliphatic heterocycles. The molecule has 0 fully saturated rings. The summed E-state index contributed by atoms with van der Waals surface area (Å²) in [7, 11) is 1.62. The van der Waals surface area contributed by atoms with Crippen LogP contribution in [0.3, 0.4) is 0 Å². The van der Waals surface area contributed by atoms with Crippen LogP contribution in [0, 0.1) is 13.8 Å². The number of ether oxygens (including phenoxy) is 2. The fraction of sp³-hybridized carbons (Fsp3) is 0.143. The van der Waals surface area contributed by atoms with Gasteiger partial charge in [0.25, 0.3) is 5.91 Å². The summed E-state index contributed by atoms with van der Waals surface area (Å²) in [6.07, 6.45) is 0. The highest BCUT2D eigenvalue weighted by molar-refractivity contribution is 6.05. The third kappa shape index (κ3) is 4.19. The molecule has 0 unspecified atom stereocenters. The van der Waals surface area contributed by atoms with Gasteiger partial charge in [-0.05, 0) is 62.4 Å². The molecule has 132 valence electrons. The highest BCUT2D eigenvalue weighted by Gasteiger charge is 2.11. The van der Waals surface area contributed by atoms with Crippen molar-refractivity contribution in [2.75, 3.05) is 12.4 Å². The minimum Gasteiger partial charge on any atom is -0.497 e. The third-order valence-electron chi connectivity index (χ3n) is 3.86. The minimum absolute atomic E-state index is 0.198. The molecule has 5 heteroatoms. The van der Waals surface area contributed by atoms with Gasteiger partial charge in [-0.3, -0.25) is 9.78 Å².